The first-order valence-electron chi connectivity index (χ1n) is 9.20. The van der Waals surface area contributed by atoms with E-state index < -0.39 is 0 Å². The van der Waals surface area contributed by atoms with Gasteiger partial charge in [0.2, 0.25) is 5.78 Å². The second-order valence-electron chi connectivity index (χ2n) is 6.69. The summed E-state index contributed by atoms with van der Waals surface area (Å²) in [5, 5.41) is 8.93. The van der Waals surface area contributed by atoms with Crippen LogP contribution in [-0.2, 0) is 6.54 Å². The SMILES string of the molecule is OCCOc1cccc(CN2CCCCC2c2ccn3ccnc3n2)c1. The summed E-state index contributed by atoms with van der Waals surface area (Å²) in [6.45, 7) is 2.28. The van der Waals surface area contributed by atoms with Crippen LogP contribution in [0.1, 0.15) is 36.6 Å². The Morgan fingerprint density at radius 2 is 2.15 bits per heavy atom. The maximum absolute atomic E-state index is 8.93. The number of likely N-dealkylation sites (tertiary alicyclic amines) is 1. The molecule has 4 rings (SSSR count). The first kappa shape index (κ1) is 17.0. The zero-order valence-corrected chi connectivity index (χ0v) is 14.8. The molecular formula is C20H24N4O2. The molecule has 2 aromatic heterocycles. The summed E-state index contributed by atoms with van der Waals surface area (Å²) >= 11 is 0. The zero-order valence-electron chi connectivity index (χ0n) is 14.8. The van der Waals surface area contributed by atoms with E-state index >= 15 is 0 Å². The predicted octanol–water partition coefficient (Wildman–Crippen LogP) is 2.83. The summed E-state index contributed by atoms with van der Waals surface area (Å²) in [5.74, 6) is 1.56. The number of fused-ring (bicyclic) bond motifs is 1. The summed E-state index contributed by atoms with van der Waals surface area (Å²) in [6.07, 6.45) is 9.29. The van der Waals surface area contributed by atoms with E-state index in [0.717, 1.165) is 36.7 Å². The number of hydrogen-bond acceptors (Lipinski definition) is 5. The Bertz CT molecular complexity index is 864. The summed E-state index contributed by atoms with van der Waals surface area (Å²) in [5.41, 5.74) is 2.31. The highest BCUT2D eigenvalue weighted by molar-refractivity contribution is 5.31. The average molecular weight is 352 g/mol. The lowest BCUT2D eigenvalue weighted by atomic mass is 9.98. The van der Waals surface area contributed by atoms with Gasteiger partial charge in [-0.15, -0.1) is 0 Å². The zero-order chi connectivity index (χ0) is 17.8. The lowest BCUT2D eigenvalue weighted by Gasteiger charge is -2.35. The molecule has 0 saturated carbocycles. The molecule has 1 aromatic carbocycles. The molecule has 6 heteroatoms. The number of nitrogens with zero attached hydrogens (tertiary/aromatic N) is 4. The molecule has 1 aliphatic heterocycles. The lowest BCUT2D eigenvalue weighted by Crippen LogP contribution is -2.33. The van der Waals surface area contributed by atoms with Crippen molar-refractivity contribution in [2.45, 2.75) is 31.8 Å². The van der Waals surface area contributed by atoms with Crippen molar-refractivity contribution in [3.63, 3.8) is 0 Å². The van der Waals surface area contributed by atoms with Crippen LogP contribution in [0.2, 0.25) is 0 Å². The highest BCUT2D eigenvalue weighted by atomic mass is 16.5. The number of aliphatic hydroxyl groups is 1. The first-order valence-corrected chi connectivity index (χ1v) is 9.20. The van der Waals surface area contributed by atoms with Crippen molar-refractivity contribution in [3.05, 3.63) is 60.2 Å². The highest BCUT2D eigenvalue weighted by Crippen LogP contribution is 2.31. The number of imidazole rings is 1. The van der Waals surface area contributed by atoms with Crippen LogP contribution < -0.4 is 4.74 Å². The summed E-state index contributed by atoms with van der Waals surface area (Å²) < 4.78 is 7.49. The van der Waals surface area contributed by atoms with Crippen molar-refractivity contribution in [3.8, 4) is 5.75 Å². The van der Waals surface area contributed by atoms with E-state index in [1.807, 2.05) is 28.9 Å². The van der Waals surface area contributed by atoms with Gasteiger partial charge in [0.05, 0.1) is 18.3 Å². The van der Waals surface area contributed by atoms with E-state index in [9.17, 15) is 0 Å². The maximum Gasteiger partial charge on any atom is 0.233 e. The Kier molecular flexibility index (Phi) is 5.13. The Balaban J connectivity index is 1.54. The van der Waals surface area contributed by atoms with Gasteiger partial charge >= 0.3 is 0 Å². The number of piperidine rings is 1. The Labute approximate surface area is 153 Å². The Hall–Kier alpha value is -2.44. The van der Waals surface area contributed by atoms with E-state index in [4.69, 9.17) is 14.8 Å². The molecule has 1 atom stereocenters. The average Bonchev–Trinajstić information content (AvgIpc) is 3.15. The van der Waals surface area contributed by atoms with Crippen molar-refractivity contribution >= 4 is 5.78 Å². The topological polar surface area (TPSA) is 62.9 Å². The number of ether oxygens (including phenoxy) is 1. The molecule has 1 aliphatic rings. The van der Waals surface area contributed by atoms with Crippen LogP contribution in [0.15, 0.2) is 48.9 Å². The van der Waals surface area contributed by atoms with Gasteiger partial charge in [-0.1, -0.05) is 18.6 Å². The van der Waals surface area contributed by atoms with E-state index in [1.54, 1.807) is 6.20 Å². The van der Waals surface area contributed by atoms with E-state index in [-0.39, 0.29) is 6.61 Å². The van der Waals surface area contributed by atoms with Crippen LogP contribution in [0.3, 0.4) is 0 Å². The minimum absolute atomic E-state index is 0.0281. The third kappa shape index (κ3) is 3.71. The molecule has 0 spiro atoms. The van der Waals surface area contributed by atoms with Crippen LogP contribution in [0, 0.1) is 0 Å². The molecule has 0 aliphatic carbocycles. The summed E-state index contributed by atoms with van der Waals surface area (Å²) in [7, 11) is 0. The van der Waals surface area contributed by atoms with Crippen molar-refractivity contribution in [2.24, 2.45) is 0 Å². The van der Waals surface area contributed by atoms with Gasteiger partial charge in [0.1, 0.15) is 12.4 Å². The standard InChI is InChI=1S/C20H24N4O2/c25-12-13-26-17-5-3-4-16(14-17)15-24-9-2-1-6-19(24)18-7-10-23-11-8-21-20(23)22-18/h3-5,7-8,10-11,14,19,25H,1-2,6,9,12-13,15H2. The van der Waals surface area contributed by atoms with Crippen LogP contribution in [-0.4, -0.2) is 44.1 Å². The van der Waals surface area contributed by atoms with Crippen molar-refractivity contribution in [2.75, 3.05) is 19.8 Å². The molecule has 1 saturated heterocycles. The van der Waals surface area contributed by atoms with Gasteiger partial charge in [0, 0.05) is 25.1 Å². The maximum atomic E-state index is 8.93. The smallest absolute Gasteiger partial charge is 0.233 e. The second-order valence-corrected chi connectivity index (χ2v) is 6.69. The molecule has 0 radical (unpaired) electrons. The van der Waals surface area contributed by atoms with Crippen LogP contribution in [0.4, 0.5) is 0 Å². The number of rotatable bonds is 6. The first-order chi connectivity index (χ1) is 12.8. The molecule has 6 nitrogen and oxygen atoms in total. The van der Waals surface area contributed by atoms with Gasteiger partial charge in [0.15, 0.2) is 0 Å². The van der Waals surface area contributed by atoms with Crippen molar-refractivity contribution in [1.82, 2.24) is 19.3 Å². The summed E-state index contributed by atoms with van der Waals surface area (Å²) in [6, 6.07) is 10.6. The van der Waals surface area contributed by atoms with Gasteiger partial charge < -0.3 is 9.84 Å². The van der Waals surface area contributed by atoms with Gasteiger partial charge in [-0.25, -0.2) is 9.97 Å². The fourth-order valence-corrected chi connectivity index (χ4v) is 3.65. The molecule has 0 bridgehead atoms. The predicted molar refractivity (Wildman–Crippen MR) is 99.0 cm³/mol. The number of aromatic nitrogens is 3. The molecule has 1 fully saturated rings. The normalized spacial score (nSPS) is 18.3. The monoisotopic (exact) mass is 352 g/mol. The minimum Gasteiger partial charge on any atom is -0.491 e. The third-order valence-electron chi connectivity index (χ3n) is 4.88. The second kappa shape index (κ2) is 7.85. The molecular weight excluding hydrogens is 328 g/mol. The van der Waals surface area contributed by atoms with Gasteiger partial charge in [-0.2, -0.15) is 0 Å². The molecule has 0 amide bonds. The lowest BCUT2D eigenvalue weighted by molar-refractivity contribution is 0.137. The molecule has 3 aromatic rings. The van der Waals surface area contributed by atoms with Gasteiger partial charge in [-0.05, 0) is 43.1 Å². The quantitative estimate of drug-likeness (QED) is 0.739. The molecule has 1 unspecified atom stereocenters. The Morgan fingerprint density at radius 3 is 3.08 bits per heavy atom. The highest BCUT2D eigenvalue weighted by Gasteiger charge is 2.25. The van der Waals surface area contributed by atoms with E-state index in [1.165, 1.54) is 18.4 Å². The molecule has 26 heavy (non-hydrogen) atoms. The fraction of sp³-hybridized carbons (Fsp3) is 0.400. The third-order valence-corrected chi connectivity index (χ3v) is 4.88. The molecule has 136 valence electrons. The fourth-order valence-electron chi connectivity index (χ4n) is 3.65. The van der Waals surface area contributed by atoms with Crippen LogP contribution in [0.5, 0.6) is 5.75 Å². The number of hydrogen-bond donors (Lipinski definition) is 1. The van der Waals surface area contributed by atoms with E-state index in [2.05, 4.69) is 28.1 Å². The molecule has 1 N–H and O–H groups in total. The van der Waals surface area contributed by atoms with Crippen LogP contribution >= 0.6 is 0 Å². The van der Waals surface area contributed by atoms with Gasteiger partial charge in [0.25, 0.3) is 0 Å². The Morgan fingerprint density at radius 1 is 1.19 bits per heavy atom. The minimum atomic E-state index is 0.0281. The number of benzene rings is 1. The molecule has 3 heterocycles. The van der Waals surface area contributed by atoms with Crippen molar-refractivity contribution in [1.29, 1.82) is 0 Å². The largest absolute Gasteiger partial charge is 0.491 e. The van der Waals surface area contributed by atoms with Gasteiger partial charge in [-0.3, -0.25) is 9.30 Å². The summed E-state index contributed by atoms with van der Waals surface area (Å²) in [4.78, 5) is 11.6. The van der Waals surface area contributed by atoms with Crippen LogP contribution in [0.25, 0.3) is 5.78 Å². The van der Waals surface area contributed by atoms with E-state index in [0.29, 0.717) is 12.6 Å². The number of aliphatic hydroxyl groups excluding tert-OH is 1. The van der Waals surface area contributed by atoms with Crippen molar-refractivity contribution < 1.29 is 9.84 Å².